The van der Waals surface area contributed by atoms with Crippen LogP contribution in [0.15, 0.2) is 52.2 Å². The van der Waals surface area contributed by atoms with E-state index in [1.165, 1.54) is 22.8 Å². The molecule has 0 saturated carbocycles. The fourth-order valence-corrected chi connectivity index (χ4v) is 7.16. The number of benzene rings is 2. The number of fused-ring (bicyclic) bond motifs is 2. The lowest BCUT2D eigenvalue weighted by atomic mass is 10.0. The number of amides is 1. The summed E-state index contributed by atoms with van der Waals surface area (Å²) < 4.78 is 68.0. The van der Waals surface area contributed by atoms with E-state index in [9.17, 15) is 31.2 Å². The highest BCUT2D eigenvalue weighted by molar-refractivity contribution is 7.90. The summed E-state index contributed by atoms with van der Waals surface area (Å²) >= 11 is 6.01. The van der Waals surface area contributed by atoms with E-state index in [0.717, 1.165) is 8.87 Å². The van der Waals surface area contributed by atoms with Gasteiger partial charge in [0.05, 0.1) is 16.6 Å². The Hall–Kier alpha value is -2.54. The predicted molar refractivity (Wildman–Crippen MR) is 143 cm³/mol. The topological polar surface area (TPSA) is 84.6 Å². The number of piperidine rings is 1. The van der Waals surface area contributed by atoms with Crippen LogP contribution in [0.25, 0.3) is 11.0 Å². The second-order valence-electron chi connectivity index (χ2n) is 9.65. The first kappa shape index (κ1) is 29.4. The Morgan fingerprint density at radius 2 is 1.62 bits per heavy atom. The van der Waals surface area contributed by atoms with Gasteiger partial charge >= 0.3 is 11.9 Å². The minimum absolute atomic E-state index is 0. The van der Waals surface area contributed by atoms with Gasteiger partial charge in [-0.1, -0.05) is 23.7 Å². The summed E-state index contributed by atoms with van der Waals surface area (Å²) in [6.45, 7) is 0.686. The van der Waals surface area contributed by atoms with Crippen molar-refractivity contribution in [3.8, 4) is 0 Å². The van der Waals surface area contributed by atoms with E-state index in [2.05, 4.69) is 4.90 Å². The molecule has 2 aliphatic rings. The number of aromatic nitrogens is 2. The van der Waals surface area contributed by atoms with Crippen molar-refractivity contribution in [2.75, 3.05) is 26.2 Å². The maximum absolute atomic E-state index is 13.2. The summed E-state index contributed by atoms with van der Waals surface area (Å²) in [5.74, 6) is -0.502. The van der Waals surface area contributed by atoms with Gasteiger partial charge in [-0.05, 0) is 62.6 Å². The monoisotopic (exact) mass is 606 g/mol. The van der Waals surface area contributed by atoms with Crippen LogP contribution in [0.5, 0.6) is 0 Å². The molecule has 1 fully saturated rings. The quantitative estimate of drug-likeness (QED) is 0.364. The molecular formula is C25H27Cl2F3N4O4S. The average molecular weight is 607 g/mol. The van der Waals surface area contributed by atoms with E-state index in [4.69, 9.17) is 11.6 Å². The Bertz CT molecular complexity index is 1550. The Morgan fingerprint density at radius 1 is 0.949 bits per heavy atom. The van der Waals surface area contributed by atoms with Gasteiger partial charge in [0.1, 0.15) is 11.4 Å². The molecule has 14 heteroatoms. The lowest BCUT2D eigenvalue weighted by molar-refractivity contribution is -0.140. The molecule has 1 amide bonds. The molecule has 2 aromatic carbocycles. The van der Waals surface area contributed by atoms with E-state index in [0.29, 0.717) is 50.8 Å². The number of hydrogen-bond acceptors (Lipinski definition) is 5. The second-order valence-corrected chi connectivity index (χ2v) is 11.9. The van der Waals surface area contributed by atoms with Crippen molar-refractivity contribution in [1.29, 1.82) is 0 Å². The Balaban J connectivity index is 0.00000353. The normalized spacial score (nSPS) is 17.9. The van der Waals surface area contributed by atoms with Gasteiger partial charge in [-0.25, -0.2) is 17.5 Å². The third kappa shape index (κ3) is 5.70. The molecule has 2 aliphatic heterocycles. The molecule has 212 valence electrons. The number of carbonyl (C=O) groups is 1. The smallest absolute Gasteiger partial charge is 0.303 e. The predicted octanol–water partition coefficient (Wildman–Crippen LogP) is 4.70. The summed E-state index contributed by atoms with van der Waals surface area (Å²) in [5, 5.41) is 0.257. The fraction of sp³-hybridized carbons (Fsp3) is 0.440. The SMILES string of the molecule is Cl.O=C1c2ccccc2S(=O)(=O)N1CCCCN1CCC(n2c(=O)n(CC(F)(F)F)c3cc(Cl)ccc32)CC1. The second kappa shape index (κ2) is 11.1. The molecule has 0 bridgehead atoms. The molecule has 0 aliphatic carbocycles. The molecule has 0 unspecified atom stereocenters. The Kier molecular flexibility index (Phi) is 8.42. The van der Waals surface area contributed by atoms with Crippen LogP contribution in [0.4, 0.5) is 13.2 Å². The van der Waals surface area contributed by atoms with Crippen molar-refractivity contribution < 1.29 is 26.4 Å². The van der Waals surface area contributed by atoms with Crippen LogP contribution in [0.3, 0.4) is 0 Å². The van der Waals surface area contributed by atoms with Crippen LogP contribution in [0.1, 0.15) is 42.1 Å². The summed E-state index contributed by atoms with van der Waals surface area (Å²) in [4.78, 5) is 27.8. The third-order valence-electron chi connectivity index (χ3n) is 7.18. The molecule has 0 N–H and O–H groups in total. The van der Waals surface area contributed by atoms with E-state index in [1.807, 2.05) is 0 Å². The summed E-state index contributed by atoms with van der Waals surface area (Å²) in [6, 6.07) is 10.5. The molecule has 0 radical (unpaired) electrons. The van der Waals surface area contributed by atoms with E-state index < -0.39 is 34.3 Å². The van der Waals surface area contributed by atoms with Crippen molar-refractivity contribution in [3.05, 3.63) is 63.5 Å². The van der Waals surface area contributed by atoms with Gasteiger partial charge in [0.15, 0.2) is 0 Å². The van der Waals surface area contributed by atoms with Gasteiger partial charge < -0.3 is 4.90 Å². The van der Waals surface area contributed by atoms with Crippen molar-refractivity contribution in [1.82, 2.24) is 18.3 Å². The first-order valence-corrected chi connectivity index (χ1v) is 14.1. The van der Waals surface area contributed by atoms with E-state index >= 15 is 0 Å². The first-order chi connectivity index (χ1) is 18.0. The molecule has 5 rings (SSSR count). The number of rotatable bonds is 7. The van der Waals surface area contributed by atoms with Crippen LogP contribution in [0, 0.1) is 0 Å². The zero-order chi connectivity index (χ0) is 27.2. The van der Waals surface area contributed by atoms with Gasteiger partial charge in [-0.15, -0.1) is 12.4 Å². The number of likely N-dealkylation sites (tertiary alicyclic amines) is 1. The van der Waals surface area contributed by atoms with Crippen molar-refractivity contribution >= 4 is 51.0 Å². The third-order valence-corrected chi connectivity index (χ3v) is 9.26. The summed E-state index contributed by atoms with van der Waals surface area (Å²) in [7, 11) is -3.82. The number of hydrogen-bond donors (Lipinski definition) is 0. The summed E-state index contributed by atoms with van der Waals surface area (Å²) in [5.41, 5.74) is 0.0922. The van der Waals surface area contributed by atoms with Crippen LogP contribution in [0.2, 0.25) is 5.02 Å². The first-order valence-electron chi connectivity index (χ1n) is 12.3. The highest BCUT2D eigenvalue weighted by Crippen LogP contribution is 2.31. The zero-order valence-corrected chi connectivity index (χ0v) is 23.1. The zero-order valence-electron chi connectivity index (χ0n) is 20.7. The van der Waals surface area contributed by atoms with Crippen LogP contribution in [-0.4, -0.2) is 65.0 Å². The molecule has 8 nitrogen and oxygen atoms in total. The van der Waals surface area contributed by atoms with Gasteiger partial charge in [-0.2, -0.15) is 13.2 Å². The average Bonchev–Trinajstić information content (AvgIpc) is 3.23. The van der Waals surface area contributed by atoms with Crippen LogP contribution >= 0.6 is 24.0 Å². The number of carbonyl (C=O) groups excluding carboxylic acids is 1. The van der Waals surface area contributed by atoms with E-state index in [-0.39, 0.29) is 46.0 Å². The molecule has 0 spiro atoms. The molecule has 3 aromatic rings. The van der Waals surface area contributed by atoms with Crippen LogP contribution in [-0.2, 0) is 16.6 Å². The lowest BCUT2D eigenvalue weighted by Crippen LogP contribution is -2.39. The maximum Gasteiger partial charge on any atom is 0.406 e. The Morgan fingerprint density at radius 3 is 2.28 bits per heavy atom. The molecule has 39 heavy (non-hydrogen) atoms. The highest BCUT2D eigenvalue weighted by atomic mass is 35.5. The minimum Gasteiger partial charge on any atom is -0.303 e. The van der Waals surface area contributed by atoms with Crippen LogP contribution < -0.4 is 5.69 Å². The maximum atomic E-state index is 13.2. The van der Waals surface area contributed by atoms with Gasteiger partial charge in [-0.3, -0.25) is 13.9 Å². The van der Waals surface area contributed by atoms with Gasteiger partial charge in [0.25, 0.3) is 15.9 Å². The molecule has 1 saturated heterocycles. The number of nitrogens with zero attached hydrogens (tertiary/aromatic N) is 4. The van der Waals surface area contributed by atoms with Crippen molar-refractivity contribution in [2.24, 2.45) is 0 Å². The minimum atomic E-state index is -4.55. The molecule has 1 aromatic heterocycles. The van der Waals surface area contributed by atoms with Crippen molar-refractivity contribution in [3.63, 3.8) is 0 Å². The Labute approximate surface area is 234 Å². The molecule has 3 heterocycles. The van der Waals surface area contributed by atoms with Gasteiger partial charge in [0, 0.05) is 30.7 Å². The lowest BCUT2D eigenvalue weighted by Gasteiger charge is -2.32. The number of alkyl halides is 3. The fourth-order valence-electron chi connectivity index (χ4n) is 5.38. The number of sulfonamides is 1. The standard InChI is InChI=1S/C25H26ClF3N4O4S.ClH/c26-17-7-8-20-21(15-17)31(16-25(27,28)29)24(35)33(20)18-9-13-30(14-10-18)11-3-4-12-32-23(34)19-5-1-2-6-22(19)38(32,36)37;/h1-2,5-8,15,18H,3-4,9-14,16H2;1H. The van der Waals surface area contributed by atoms with Crippen molar-refractivity contribution in [2.45, 2.75) is 49.3 Å². The summed E-state index contributed by atoms with van der Waals surface area (Å²) in [6.07, 6.45) is -2.20. The largest absolute Gasteiger partial charge is 0.406 e. The highest BCUT2D eigenvalue weighted by Gasteiger charge is 2.40. The number of halogens is 5. The molecular weight excluding hydrogens is 580 g/mol. The number of unbranched alkanes of at least 4 members (excludes halogenated alkanes) is 1. The molecule has 0 atom stereocenters. The van der Waals surface area contributed by atoms with Gasteiger partial charge in [0.2, 0.25) is 0 Å². The van der Waals surface area contributed by atoms with E-state index in [1.54, 1.807) is 24.3 Å². The number of imidazole rings is 1.